The first-order chi connectivity index (χ1) is 13.4. The van der Waals surface area contributed by atoms with Gasteiger partial charge in [0.2, 0.25) is 5.91 Å². The number of aliphatic imine (C=N–C) groups is 1. The highest BCUT2D eigenvalue weighted by atomic mass is 32.1. The largest absolute Gasteiger partial charge is 0.369 e. The number of halogens is 1. The van der Waals surface area contributed by atoms with Crippen molar-refractivity contribution in [2.75, 3.05) is 7.05 Å². The highest BCUT2D eigenvalue weighted by molar-refractivity contribution is 7.12. The molecule has 9 heteroatoms. The van der Waals surface area contributed by atoms with Crippen LogP contribution in [0.15, 0.2) is 35.6 Å². The topological polar surface area (TPSA) is 108 Å². The number of carbonyl (C=O) groups excluding carboxylic acids is 1. The number of pyridine rings is 2. The first-order valence-corrected chi connectivity index (χ1v) is 9.32. The Labute approximate surface area is 163 Å². The van der Waals surface area contributed by atoms with E-state index in [1.165, 1.54) is 22.3 Å². The standard InChI is InChI=1S/C19H13FN6OS/c1-26-17(27)15-12-8-23-13-4-9(20)7-24-16(13)11(12)5-19(15,25-18(26)22)14-3-2-10(6-21)28-14/h2-4,7-8,15H,5H2,1H3,(H2,22,25). The smallest absolute Gasteiger partial charge is 0.239 e. The number of carbonyl (C=O) groups is 1. The molecule has 1 aliphatic carbocycles. The number of nitriles is 1. The van der Waals surface area contributed by atoms with E-state index in [2.05, 4.69) is 16.0 Å². The van der Waals surface area contributed by atoms with Crippen LogP contribution in [0, 0.1) is 17.1 Å². The lowest BCUT2D eigenvalue weighted by Crippen LogP contribution is -2.52. The minimum absolute atomic E-state index is 0.122. The summed E-state index contributed by atoms with van der Waals surface area (Å²) in [5.74, 6) is -1.17. The van der Waals surface area contributed by atoms with Gasteiger partial charge in [-0.2, -0.15) is 5.26 Å². The summed E-state index contributed by atoms with van der Waals surface area (Å²) in [6.45, 7) is 0. The summed E-state index contributed by atoms with van der Waals surface area (Å²) in [6, 6.07) is 6.98. The van der Waals surface area contributed by atoms with Crippen LogP contribution in [0.3, 0.4) is 0 Å². The average molecular weight is 392 g/mol. The number of hydrogen-bond donors (Lipinski definition) is 1. The molecule has 4 heterocycles. The first kappa shape index (κ1) is 16.8. The van der Waals surface area contributed by atoms with Crippen molar-refractivity contribution >= 4 is 34.2 Å². The molecule has 138 valence electrons. The Morgan fingerprint density at radius 1 is 1.39 bits per heavy atom. The minimum Gasteiger partial charge on any atom is -0.369 e. The fraction of sp³-hybridized carbons (Fsp3) is 0.211. The second kappa shape index (κ2) is 5.56. The van der Waals surface area contributed by atoms with Gasteiger partial charge in [0.1, 0.15) is 22.3 Å². The summed E-state index contributed by atoms with van der Waals surface area (Å²) in [7, 11) is 1.58. The molecule has 2 aliphatic rings. The van der Waals surface area contributed by atoms with Crippen molar-refractivity contribution in [3.63, 3.8) is 0 Å². The van der Waals surface area contributed by atoms with Crippen LogP contribution in [0.1, 0.15) is 26.8 Å². The van der Waals surface area contributed by atoms with Crippen LogP contribution in [-0.2, 0) is 16.8 Å². The maximum Gasteiger partial charge on any atom is 0.239 e. The lowest BCUT2D eigenvalue weighted by molar-refractivity contribution is -0.130. The van der Waals surface area contributed by atoms with E-state index in [1.807, 2.05) is 6.07 Å². The van der Waals surface area contributed by atoms with Crippen molar-refractivity contribution < 1.29 is 9.18 Å². The summed E-state index contributed by atoms with van der Waals surface area (Å²) in [5.41, 5.74) is 7.61. The second-order valence-corrected chi connectivity index (χ2v) is 7.97. The molecule has 0 aromatic carbocycles. The number of amides is 1. The van der Waals surface area contributed by atoms with E-state index in [9.17, 15) is 14.4 Å². The van der Waals surface area contributed by atoms with E-state index >= 15 is 0 Å². The van der Waals surface area contributed by atoms with Gasteiger partial charge >= 0.3 is 0 Å². The molecule has 0 fully saturated rings. The molecular formula is C19H13FN6OS. The Bertz CT molecular complexity index is 1240. The van der Waals surface area contributed by atoms with Gasteiger partial charge in [-0.1, -0.05) is 0 Å². The molecule has 7 nitrogen and oxygen atoms in total. The summed E-state index contributed by atoms with van der Waals surface area (Å²) in [5, 5.41) is 9.24. The van der Waals surface area contributed by atoms with E-state index in [-0.39, 0.29) is 11.9 Å². The van der Waals surface area contributed by atoms with Gasteiger partial charge in [-0.25, -0.2) is 9.38 Å². The van der Waals surface area contributed by atoms with Crippen molar-refractivity contribution in [2.24, 2.45) is 10.7 Å². The Morgan fingerprint density at radius 3 is 2.96 bits per heavy atom. The van der Waals surface area contributed by atoms with Crippen molar-refractivity contribution in [3.05, 3.63) is 57.3 Å². The van der Waals surface area contributed by atoms with E-state index in [4.69, 9.17) is 10.7 Å². The van der Waals surface area contributed by atoms with Crippen molar-refractivity contribution in [2.45, 2.75) is 17.9 Å². The number of hydrogen-bond acceptors (Lipinski definition) is 7. The third-order valence-corrected chi connectivity index (χ3v) is 6.58. The van der Waals surface area contributed by atoms with Gasteiger partial charge in [0.15, 0.2) is 5.96 Å². The number of aromatic nitrogens is 2. The molecule has 1 amide bonds. The Balaban J connectivity index is 1.81. The molecule has 0 radical (unpaired) electrons. The van der Waals surface area contributed by atoms with E-state index in [0.29, 0.717) is 27.9 Å². The van der Waals surface area contributed by atoms with Gasteiger partial charge in [0.05, 0.1) is 23.1 Å². The fourth-order valence-electron chi connectivity index (χ4n) is 4.12. The number of guanidine groups is 1. The minimum atomic E-state index is -0.957. The number of thiophene rings is 1. The maximum atomic E-state index is 13.6. The van der Waals surface area contributed by atoms with Crippen LogP contribution < -0.4 is 5.73 Å². The summed E-state index contributed by atoms with van der Waals surface area (Å²) in [6.07, 6.45) is 3.12. The predicted octanol–water partition coefficient (Wildman–Crippen LogP) is 2.02. The SMILES string of the molecule is CN1C(=O)C2c3cnc4cc(F)cnc4c3CC2(c2ccc(C#N)s2)N=C1N. The molecule has 0 spiro atoms. The second-order valence-electron chi connectivity index (χ2n) is 6.89. The third kappa shape index (κ3) is 2.06. The predicted molar refractivity (Wildman–Crippen MR) is 101 cm³/mol. The summed E-state index contributed by atoms with van der Waals surface area (Å²) in [4.78, 5) is 29.2. The van der Waals surface area contributed by atoms with Gasteiger partial charge < -0.3 is 5.73 Å². The van der Waals surface area contributed by atoms with E-state index in [0.717, 1.165) is 16.6 Å². The van der Waals surface area contributed by atoms with Crippen LogP contribution in [-0.4, -0.2) is 33.8 Å². The van der Waals surface area contributed by atoms with Gasteiger partial charge in [0, 0.05) is 30.6 Å². The number of nitrogens with zero attached hydrogens (tertiary/aromatic N) is 5. The third-order valence-electron chi connectivity index (χ3n) is 5.42. The zero-order valence-electron chi connectivity index (χ0n) is 14.7. The molecule has 3 aromatic rings. The van der Waals surface area contributed by atoms with Crippen LogP contribution in [0.5, 0.6) is 0 Å². The quantitative estimate of drug-likeness (QED) is 0.682. The Morgan fingerprint density at radius 2 is 2.21 bits per heavy atom. The number of likely N-dealkylation sites (N-methyl/N-ethyl adjacent to an activating group) is 1. The maximum absolute atomic E-state index is 13.6. The normalized spacial score (nSPS) is 23.3. The lowest BCUT2D eigenvalue weighted by Gasteiger charge is -2.38. The average Bonchev–Trinajstić information content (AvgIpc) is 3.29. The number of fused-ring (bicyclic) bond motifs is 5. The molecule has 0 saturated carbocycles. The molecule has 2 atom stereocenters. The molecule has 3 aromatic heterocycles. The van der Waals surface area contributed by atoms with Crippen molar-refractivity contribution in [1.29, 1.82) is 5.26 Å². The Kier molecular flexibility index (Phi) is 3.33. The fourth-order valence-corrected chi connectivity index (χ4v) is 5.09. The lowest BCUT2D eigenvalue weighted by atomic mass is 9.81. The molecule has 28 heavy (non-hydrogen) atoms. The number of nitrogens with two attached hydrogens (primary N) is 1. The molecule has 2 unspecified atom stereocenters. The molecule has 0 saturated heterocycles. The van der Waals surface area contributed by atoms with Crippen molar-refractivity contribution in [1.82, 2.24) is 14.9 Å². The van der Waals surface area contributed by atoms with Crippen molar-refractivity contribution in [3.8, 4) is 6.07 Å². The van der Waals surface area contributed by atoms with Crippen LogP contribution in [0.4, 0.5) is 4.39 Å². The van der Waals surface area contributed by atoms with E-state index < -0.39 is 17.3 Å². The van der Waals surface area contributed by atoms with E-state index in [1.54, 1.807) is 19.3 Å². The Hall–Kier alpha value is -3.38. The molecule has 5 rings (SSSR count). The molecular weight excluding hydrogens is 379 g/mol. The van der Waals surface area contributed by atoms with Gasteiger partial charge in [-0.15, -0.1) is 11.3 Å². The summed E-state index contributed by atoms with van der Waals surface area (Å²) >= 11 is 1.30. The molecule has 0 bridgehead atoms. The van der Waals surface area contributed by atoms with Gasteiger partial charge in [-0.3, -0.25) is 19.7 Å². The summed E-state index contributed by atoms with van der Waals surface area (Å²) < 4.78 is 13.6. The van der Waals surface area contributed by atoms with Crippen LogP contribution >= 0.6 is 11.3 Å². The molecule has 2 N–H and O–H groups in total. The zero-order chi connectivity index (χ0) is 19.6. The molecule has 1 aliphatic heterocycles. The monoisotopic (exact) mass is 392 g/mol. The first-order valence-electron chi connectivity index (χ1n) is 8.51. The zero-order valence-corrected chi connectivity index (χ0v) is 15.5. The highest BCUT2D eigenvalue weighted by Crippen LogP contribution is 2.54. The highest BCUT2D eigenvalue weighted by Gasteiger charge is 2.56. The van der Waals surface area contributed by atoms with Gasteiger partial charge in [-0.05, 0) is 23.3 Å². The van der Waals surface area contributed by atoms with Crippen LogP contribution in [0.25, 0.3) is 11.0 Å². The van der Waals surface area contributed by atoms with Gasteiger partial charge in [0.25, 0.3) is 0 Å². The number of rotatable bonds is 1. The van der Waals surface area contributed by atoms with Crippen LogP contribution in [0.2, 0.25) is 0 Å².